The Morgan fingerprint density at radius 1 is 0.316 bits per heavy atom. The molecule has 7 aromatic carbocycles. The number of fused-ring (bicyclic) bond motifs is 9. The highest BCUT2D eigenvalue weighted by Gasteiger charge is 2.22. The van der Waals surface area contributed by atoms with E-state index in [9.17, 15) is 0 Å². The van der Waals surface area contributed by atoms with Crippen LogP contribution in [-0.4, -0.2) is 24.9 Å². The van der Waals surface area contributed by atoms with Gasteiger partial charge in [-0.15, -0.1) is 0 Å². The Bertz CT molecular complexity index is 3530. The van der Waals surface area contributed by atoms with Crippen molar-refractivity contribution < 1.29 is 13.3 Å². The van der Waals surface area contributed by atoms with E-state index in [1.165, 1.54) is 0 Å². The first-order valence-electron chi connectivity index (χ1n) is 18.7. The predicted molar refractivity (Wildman–Crippen MR) is 224 cm³/mol. The molecule has 0 aliphatic carbocycles. The largest absolute Gasteiger partial charge is 0.456 e. The highest BCUT2D eigenvalue weighted by atomic mass is 16.3. The van der Waals surface area contributed by atoms with Gasteiger partial charge in [-0.2, -0.15) is 0 Å². The fourth-order valence-corrected chi connectivity index (χ4v) is 7.87. The number of rotatable bonds is 5. The zero-order chi connectivity index (χ0) is 37.5. The van der Waals surface area contributed by atoms with Crippen LogP contribution in [0.2, 0.25) is 0 Å². The molecule has 12 aromatic rings. The van der Waals surface area contributed by atoms with Gasteiger partial charge in [0.15, 0.2) is 28.9 Å². The summed E-state index contributed by atoms with van der Waals surface area (Å²) in [6.45, 7) is 0. The van der Waals surface area contributed by atoms with Crippen LogP contribution in [0.15, 0.2) is 177 Å². The van der Waals surface area contributed by atoms with Gasteiger partial charge in [0, 0.05) is 54.7 Å². The number of hydrogen-bond acceptors (Lipinski definition) is 8. The first-order valence-corrected chi connectivity index (χ1v) is 18.7. The minimum Gasteiger partial charge on any atom is -0.456 e. The average Bonchev–Trinajstić information content (AvgIpc) is 3.97. The zero-order valence-electron chi connectivity index (χ0n) is 30.0. The Hall–Kier alpha value is -7.97. The lowest BCUT2D eigenvalue weighted by Gasteiger charge is -2.09. The van der Waals surface area contributed by atoms with Gasteiger partial charge in [-0.1, -0.05) is 103 Å². The predicted octanol–water partition coefficient (Wildman–Crippen LogP) is 12.7. The molecule has 0 saturated carbocycles. The molecule has 5 heterocycles. The number of furan rings is 3. The van der Waals surface area contributed by atoms with Crippen LogP contribution < -0.4 is 0 Å². The van der Waals surface area contributed by atoms with E-state index >= 15 is 0 Å². The van der Waals surface area contributed by atoms with Crippen LogP contribution in [0.1, 0.15) is 0 Å². The summed E-state index contributed by atoms with van der Waals surface area (Å²) >= 11 is 0. The molecule has 0 unspecified atom stereocenters. The third-order valence-electron chi connectivity index (χ3n) is 10.6. The first kappa shape index (κ1) is 31.4. The first-order chi connectivity index (χ1) is 28.2. The van der Waals surface area contributed by atoms with Crippen molar-refractivity contribution >= 4 is 65.9 Å². The average molecular weight is 734 g/mol. The van der Waals surface area contributed by atoms with Crippen molar-refractivity contribution in [3.8, 4) is 56.8 Å². The topological polar surface area (TPSA) is 104 Å². The molecule has 0 bridgehead atoms. The monoisotopic (exact) mass is 733 g/mol. The molecule has 0 saturated heterocycles. The van der Waals surface area contributed by atoms with Crippen molar-refractivity contribution in [2.75, 3.05) is 0 Å². The lowest BCUT2D eigenvalue weighted by molar-refractivity contribution is 0.666. The van der Waals surface area contributed by atoms with Crippen molar-refractivity contribution in [3.63, 3.8) is 0 Å². The summed E-state index contributed by atoms with van der Waals surface area (Å²) in [4.78, 5) is 25.5. The van der Waals surface area contributed by atoms with Crippen LogP contribution in [-0.2, 0) is 0 Å². The molecular formula is C49H27N5O3. The van der Waals surface area contributed by atoms with E-state index in [1.54, 1.807) is 0 Å². The summed E-state index contributed by atoms with van der Waals surface area (Å²) in [5.74, 6) is 2.27. The van der Waals surface area contributed by atoms with Crippen molar-refractivity contribution in [2.24, 2.45) is 0 Å². The lowest BCUT2D eigenvalue weighted by atomic mass is 10.0. The van der Waals surface area contributed by atoms with Crippen molar-refractivity contribution in [3.05, 3.63) is 164 Å². The molecular weight excluding hydrogens is 707 g/mol. The summed E-state index contributed by atoms with van der Waals surface area (Å²) < 4.78 is 19.1. The molecule has 8 heteroatoms. The van der Waals surface area contributed by atoms with Gasteiger partial charge >= 0.3 is 0 Å². The molecule has 0 amide bonds. The SMILES string of the molecule is c1ccc(-c2nc(-c3ccc4oc5ccccc5c4c3)nc(-c3cccc4oc5ccc(-c6nc(-c7ccccc7)nc7c6oc6ccccc67)cc5c34)n2)cc1. The summed E-state index contributed by atoms with van der Waals surface area (Å²) in [7, 11) is 0. The molecule has 0 N–H and O–H groups in total. The number of hydrogen-bond donors (Lipinski definition) is 0. The lowest BCUT2D eigenvalue weighted by Crippen LogP contribution is -2.00. The Labute approximate surface area is 323 Å². The Morgan fingerprint density at radius 3 is 1.63 bits per heavy atom. The quantitative estimate of drug-likeness (QED) is 0.172. The molecule has 0 spiro atoms. The van der Waals surface area contributed by atoms with Gasteiger partial charge in [0.1, 0.15) is 39.1 Å². The van der Waals surface area contributed by atoms with E-state index in [0.717, 1.165) is 88.2 Å². The standard InChI is InChI=1S/C49H27N5O3/c1-3-12-28(13-4-1)46-50-43(45-44(51-46)33-17-8-10-20-38(33)57-45)30-22-24-40-36(26-30)42-34(18-11-21-41(42)56-40)49-53-47(29-14-5-2-6-15-29)52-48(54-49)31-23-25-39-35(27-31)32-16-7-9-19-37(32)55-39/h1-27H. The Kier molecular flexibility index (Phi) is 6.76. The molecule has 8 nitrogen and oxygen atoms in total. The van der Waals surface area contributed by atoms with E-state index in [2.05, 4.69) is 18.2 Å². The molecule has 0 atom stereocenters. The fraction of sp³-hybridized carbons (Fsp3) is 0. The van der Waals surface area contributed by atoms with Gasteiger partial charge in [0.25, 0.3) is 0 Å². The van der Waals surface area contributed by atoms with E-state index in [0.29, 0.717) is 34.6 Å². The second kappa shape index (κ2) is 12.3. The smallest absolute Gasteiger partial charge is 0.180 e. The Morgan fingerprint density at radius 2 is 0.860 bits per heavy atom. The van der Waals surface area contributed by atoms with Crippen LogP contribution in [0.4, 0.5) is 0 Å². The van der Waals surface area contributed by atoms with Gasteiger partial charge in [-0.25, -0.2) is 24.9 Å². The number of aromatic nitrogens is 5. The molecule has 5 aromatic heterocycles. The van der Waals surface area contributed by atoms with E-state index in [-0.39, 0.29) is 0 Å². The zero-order valence-corrected chi connectivity index (χ0v) is 30.0. The van der Waals surface area contributed by atoms with Crippen LogP contribution in [0.25, 0.3) is 123 Å². The highest BCUT2D eigenvalue weighted by Crippen LogP contribution is 2.41. The third kappa shape index (κ3) is 5.04. The summed E-state index contributed by atoms with van der Waals surface area (Å²) in [5.41, 5.74) is 10.3. The van der Waals surface area contributed by atoms with Gasteiger partial charge in [-0.05, 0) is 60.7 Å². The maximum atomic E-state index is 6.51. The van der Waals surface area contributed by atoms with E-state index in [4.69, 9.17) is 38.2 Å². The second-order valence-electron chi connectivity index (χ2n) is 14.0. The van der Waals surface area contributed by atoms with Gasteiger partial charge in [0.2, 0.25) is 0 Å². The maximum absolute atomic E-state index is 6.51. The summed E-state index contributed by atoms with van der Waals surface area (Å²) in [6, 6.07) is 54.3. The molecule has 0 aliphatic rings. The second-order valence-corrected chi connectivity index (χ2v) is 14.0. The normalized spacial score (nSPS) is 11.9. The van der Waals surface area contributed by atoms with Crippen LogP contribution in [0.5, 0.6) is 0 Å². The van der Waals surface area contributed by atoms with Gasteiger partial charge < -0.3 is 13.3 Å². The minimum atomic E-state index is 0.530. The molecule has 0 radical (unpaired) electrons. The molecule has 0 fully saturated rings. The van der Waals surface area contributed by atoms with E-state index < -0.39 is 0 Å². The third-order valence-corrected chi connectivity index (χ3v) is 10.6. The minimum absolute atomic E-state index is 0.530. The maximum Gasteiger partial charge on any atom is 0.180 e. The Balaban J connectivity index is 1.08. The van der Waals surface area contributed by atoms with Crippen molar-refractivity contribution in [1.29, 1.82) is 0 Å². The molecule has 57 heavy (non-hydrogen) atoms. The van der Waals surface area contributed by atoms with Crippen molar-refractivity contribution in [2.45, 2.75) is 0 Å². The van der Waals surface area contributed by atoms with Crippen LogP contribution in [0.3, 0.4) is 0 Å². The van der Waals surface area contributed by atoms with Crippen LogP contribution >= 0.6 is 0 Å². The number of nitrogens with zero attached hydrogens (tertiary/aromatic N) is 5. The molecule has 0 aliphatic heterocycles. The van der Waals surface area contributed by atoms with Gasteiger partial charge in [-0.3, -0.25) is 0 Å². The number of benzene rings is 7. The summed E-state index contributed by atoms with van der Waals surface area (Å²) in [6.07, 6.45) is 0. The van der Waals surface area contributed by atoms with Gasteiger partial charge in [0.05, 0.1) is 0 Å². The van der Waals surface area contributed by atoms with Crippen molar-refractivity contribution in [1.82, 2.24) is 24.9 Å². The van der Waals surface area contributed by atoms with Crippen LogP contribution in [0, 0.1) is 0 Å². The molecule has 266 valence electrons. The summed E-state index contributed by atoms with van der Waals surface area (Å²) in [5, 5.41) is 4.76. The molecule has 12 rings (SSSR count). The fourth-order valence-electron chi connectivity index (χ4n) is 7.87. The number of para-hydroxylation sites is 2. The van der Waals surface area contributed by atoms with E-state index in [1.807, 2.05) is 146 Å². The highest BCUT2D eigenvalue weighted by molar-refractivity contribution is 6.14.